The summed E-state index contributed by atoms with van der Waals surface area (Å²) in [5, 5.41) is 0. The summed E-state index contributed by atoms with van der Waals surface area (Å²) in [7, 11) is 0. The first-order valence-electron chi connectivity index (χ1n) is 7.04. The van der Waals surface area contributed by atoms with Gasteiger partial charge in [-0.05, 0) is 37.4 Å². The number of rotatable bonds is 3. The van der Waals surface area contributed by atoms with Crippen molar-refractivity contribution in [3.63, 3.8) is 0 Å². The van der Waals surface area contributed by atoms with E-state index in [2.05, 4.69) is 0 Å². The maximum atomic E-state index is 13.7. The van der Waals surface area contributed by atoms with E-state index in [9.17, 15) is 13.6 Å². The first kappa shape index (κ1) is 13.5. The fourth-order valence-electron chi connectivity index (χ4n) is 3.11. The third-order valence-electron chi connectivity index (χ3n) is 4.41. The highest BCUT2D eigenvalue weighted by molar-refractivity contribution is 5.83. The van der Waals surface area contributed by atoms with Gasteiger partial charge in [-0.25, -0.2) is 8.78 Å². The molecule has 1 aliphatic heterocycles. The lowest BCUT2D eigenvalue weighted by Gasteiger charge is -2.16. The predicted molar refractivity (Wildman–Crippen MR) is 70.9 cm³/mol. The molecule has 1 amide bonds. The number of carbonyl (C=O) groups is 1. The van der Waals surface area contributed by atoms with Gasteiger partial charge in [0.15, 0.2) is 0 Å². The SMILES string of the molecule is NCC1CCN(C(=O)C2CC2c2c(F)cccc2F)C1. The standard InChI is InChI=1S/C15H18F2N2O/c16-12-2-1-3-13(17)14(12)10-6-11(10)15(20)19-5-4-9(7-18)8-19/h1-3,9-11H,4-8,18H2. The maximum Gasteiger partial charge on any atom is 0.226 e. The molecule has 1 aromatic carbocycles. The molecule has 0 bridgehead atoms. The van der Waals surface area contributed by atoms with Crippen LogP contribution in [0.4, 0.5) is 8.78 Å². The van der Waals surface area contributed by atoms with Gasteiger partial charge in [-0.2, -0.15) is 0 Å². The predicted octanol–water partition coefficient (Wildman–Crippen LogP) is 1.88. The van der Waals surface area contributed by atoms with Crippen LogP contribution in [-0.2, 0) is 4.79 Å². The van der Waals surface area contributed by atoms with Crippen molar-refractivity contribution in [2.75, 3.05) is 19.6 Å². The molecule has 5 heteroatoms. The molecule has 3 rings (SSSR count). The molecule has 1 heterocycles. The summed E-state index contributed by atoms with van der Waals surface area (Å²) >= 11 is 0. The van der Waals surface area contributed by atoms with E-state index in [4.69, 9.17) is 5.73 Å². The normalized spacial score (nSPS) is 28.8. The largest absolute Gasteiger partial charge is 0.342 e. The minimum Gasteiger partial charge on any atom is -0.342 e. The van der Waals surface area contributed by atoms with Crippen LogP contribution in [0.25, 0.3) is 0 Å². The molecule has 3 atom stereocenters. The van der Waals surface area contributed by atoms with Gasteiger partial charge in [-0.1, -0.05) is 6.07 Å². The van der Waals surface area contributed by atoms with E-state index >= 15 is 0 Å². The summed E-state index contributed by atoms with van der Waals surface area (Å²) in [5.41, 5.74) is 5.68. The molecule has 2 N–H and O–H groups in total. The average molecular weight is 280 g/mol. The van der Waals surface area contributed by atoms with E-state index in [1.807, 2.05) is 0 Å². The number of hydrogen-bond donors (Lipinski definition) is 1. The molecule has 108 valence electrons. The van der Waals surface area contributed by atoms with Crippen molar-refractivity contribution in [3.05, 3.63) is 35.4 Å². The van der Waals surface area contributed by atoms with Crippen LogP contribution < -0.4 is 5.73 Å². The zero-order valence-electron chi connectivity index (χ0n) is 11.2. The molecule has 0 spiro atoms. The van der Waals surface area contributed by atoms with Crippen LogP contribution in [0.15, 0.2) is 18.2 Å². The number of halogens is 2. The van der Waals surface area contributed by atoms with Crippen LogP contribution in [0.3, 0.4) is 0 Å². The minimum absolute atomic E-state index is 0.0219. The van der Waals surface area contributed by atoms with Crippen molar-refractivity contribution >= 4 is 5.91 Å². The van der Waals surface area contributed by atoms with Crippen LogP contribution in [-0.4, -0.2) is 30.4 Å². The number of likely N-dealkylation sites (tertiary alicyclic amines) is 1. The quantitative estimate of drug-likeness (QED) is 0.919. The number of nitrogens with two attached hydrogens (primary N) is 1. The molecule has 3 nitrogen and oxygen atoms in total. The second-order valence-electron chi connectivity index (χ2n) is 5.76. The highest BCUT2D eigenvalue weighted by atomic mass is 19.1. The smallest absolute Gasteiger partial charge is 0.226 e. The van der Waals surface area contributed by atoms with Crippen LogP contribution in [0.1, 0.15) is 24.3 Å². The minimum atomic E-state index is -0.549. The Labute approximate surface area is 116 Å². The fourth-order valence-corrected chi connectivity index (χ4v) is 3.11. The second kappa shape index (κ2) is 5.13. The molecule has 20 heavy (non-hydrogen) atoms. The molecule has 2 aliphatic rings. The highest BCUT2D eigenvalue weighted by Gasteiger charge is 2.48. The first-order valence-corrected chi connectivity index (χ1v) is 7.04. The van der Waals surface area contributed by atoms with Gasteiger partial charge >= 0.3 is 0 Å². The molecular formula is C15H18F2N2O. The Morgan fingerprint density at radius 1 is 1.35 bits per heavy atom. The number of benzene rings is 1. The second-order valence-corrected chi connectivity index (χ2v) is 5.76. The summed E-state index contributed by atoms with van der Waals surface area (Å²) < 4.78 is 27.4. The number of hydrogen-bond acceptors (Lipinski definition) is 2. The van der Waals surface area contributed by atoms with E-state index in [1.54, 1.807) is 4.90 Å². The summed E-state index contributed by atoms with van der Waals surface area (Å²) in [5.74, 6) is -1.29. The van der Waals surface area contributed by atoms with Crippen molar-refractivity contribution in [2.24, 2.45) is 17.6 Å². The van der Waals surface area contributed by atoms with E-state index in [1.165, 1.54) is 18.2 Å². The van der Waals surface area contributed by atoms with Crippen molar-refractivity contribution in [3.8, 4) is 0 Å². The van der Waals surface area contributed by atoms with Gasteiger partial charge in [0.2, 0.25) is 5.91 Å². The Morgan fingerprint density at radius 3 is 2.65 bits per heavy atom. The van der Waals surface area contributed by atoms with E-state index in [-0.39, 0.29) is 23.3 Å². The summed E-state index contributed by atoms with van der Waals surface area (Å²) in [4.78, 5) is 14.1. The monoisotopic (exact) mass is 280 g/mol. The number of nitrogens with zero attached hydrogens (tertiary/aromatic N) is 1. The Balaban J connectivity index is 1.69. The molecule has 3 unspecified atom stereocenters. The van der Waals surface area contributed by atoms with Crippen LogP contribution >= 0.6 is 0 Å². The average Bonchev–Trinajstić information content (AvgIpc) is 3.05. The van der Waals surface area contributed by atoms with Crippen LogP contribution in [0.5, 0.6) is 0 Å². The Morgan fingerprint density at radius 2 is 2.05 bits per heavy atom. The molecule has 1 saturated carbocycles. The van der Waals surface area contributed by atoms with Crippen molar-refractivity contribution in [1.29, 1.82) is 0 Å². The van der Waals surface area contributed by atoms with E-state index in [0.717, 1.165) is 6.42 Å². The Hall–Kier alpha value is -1.49. The molecule has 1 aliphatic carbocycles. The van der Waals surface area contributed by atoms with Gasteiger partial charge in [0.05, 0.1) is 0 Å². The van der Waals surface area contributed by atoms with Gasteiger partial charge < -0.3 is 10.6 Å². The topological polar surface area (TPSA) is 46.3 Å². The van der Waals surface area contributed by atoms with Crippen molar-refractivity contribution in [2.45, 2.75) is 18.8 Å². The fraction of sp³-hybridized carbons (Fsp3) is 0.533. The third kappa shape index (κ3) is 2.30. The Kier molecular flexibility index (Phi) is 3.46. The zero-order chi connectivity index (χ0) is 14.3. The summed E-state index contributed by atoms with van der Waals surface area (Å²) in [6, 6.07) is 3.84. The van der Waals surface area contributed by atoms with Gasteiger partial charge in [0.1, 0.15) is 11.6 Å². The summed E-state index contributed by atoms with van der Waals surface area (Å²) in [6.07, 6.45) is 1.47. The van der Waals surface area contributed by atoms with Crippen LogP contribution in [0.2, 0.25) is 0 Å². The van der Waals surface area contributed by atoms with Gasteiger partial charge in [-0.3, -0.25) is 4.79 Å². The Bertz CT molecular complexity index is 514. The molecule has 1 saturated heterocycles. The lowest BCUT2D eigenvalue weighted by Crippen LogP contribution is -2.31. The van der Waals surface area contributed by atoms with Crippen LogP contribution in [0, 0.1) is 23.5 Å². The number of carbonyl (C=O) groups excluding carboxylic acids is 1. The van der Waals surface area contributed by atoms with Crippen molar-refractivity contribution < 1.29 is 13.6 Å². The highest BCUT2D eigenvalue weighted by Crippen LogP contribution is 2.50. The van der Waals surface area contributed by atoms with Gasteiger partial charge in [0.25, 0.3) is 0 Å². The molecular weight excluding hydrogens is 262 g/mol. The lowest BCUT2D eigenvalue weighted by atomic mass is 10.1. The van der Waals surface area contributed by atoms with E-state index < -0.39 is 11.6 Å². The first-order chi connectivity index (χ1) is 9.61. The molecule has 0 radical (unpaired) electrons. The zero-order valence-corrected chi connectivity index (χ0v) is 11.2. The molecule has 2 fully saturated rings. The number of amides is 1. The molecule has 1 aromatic rings. The lowest BCUT2D eigenvalue weighted by molar-refractivity contribution is -0.131. The van der Waals surface area contributed by atoms with Gasteiger partial charge in [0, 0.05) is 30.5 Å². The molecule has 0 aromatic heterocycles. The summed E-state index contributed by atoms with van der Waals surface area (Å²) in [6.45, 7) is 1.97. The van der Waals surface area contributed by atoms with E-state index in [0.29, 0.717) is 32.0 Å². The maximum absolute atomic E-state index is 13.7. The van der Waals surface area contributed by atoms with Crippen molar-refractivity contribution in [1.82, 2.24) is 4.90 Å². The third-order valence-corrected chi connectivity index (χ3v) is 4.41. The van der Waals surface area contributed by atoms with Gasteiger partial charge in [-0.15, -0.1) is 0 Å².